The van der Waals surface area contributed by atoms with Crippen LogP contribution in [0.1, 0.15) is 50.6 Å². The van der Waals surface area contributed by atoms with Gasteiger partial charge in [-0.25, -0.2) is 0 Å². The Labute approximate surface area is 131 Å². The van der Waals surface area contributed by atoms with Crippen LogP contribution in [0.3, 0.4) is 0 Å². The van der Waals surface area contributed by atoms with Crippen molar-refractivity contribution >= 4 is 17.5 Å². The number of carbonyl (C=O) groups is 1. The Morgan fingerprint density at radius 1 is 1.43 bits per heavy atom. The molecule has 2 fully saturated rings. The van der Waals surface area contributed by atoms with Crippen LogP contribution in [0.2, 0.25) is 5.02 Å². The summed E-state index contributed by atoms with van der Waals surface area (Å²) in [6.45, 7) is 3.90. The highest BCUT2D eigenvalue weighted by molar-refractivity contribution is 6.31. The molecule has 2 aliphatic rings. The highest BCUT2D eigenvalue weighted by Crippen LogP contribution is 2.38. The number of likely N-dealkylation sites (tertiary alicyclic amines) is 1. The molecular weight excluding hydrogens is 284 g/mol. The van der Waals surface area contributed by atoms with E-state index in [1.165, 1.54) is 0 Å². The van der Waals surface area contributed by atoms with E-state index in [0.29, 0.717) is 0 Å². The first-order valence-electron chi connectivity index (χ1n) is 7.98. The van der Waals surface area contributed by atoms with E-state index in [1.807, 2.05) is 18.2 Å². The van der Waals surface area contributed by atoms with Gasteiger partial charge in [-0.3, -0.25) is 4.79 Å². The zero-order valence-electron chi connectivity index (χ0n) is 12.6. The first kappa shape index (κ1) is 14.9. The summed E-state index contributed by atoms with van der Waals surface area (Å²) >= 11 is 6.35. The lowest BCUT2D eigenvalue weighted by Crippen LogP contribution is -2.54. The Bertz CT molecular complexity index is 525. The number of hydrogen-bond acceptors (Lipinski definition) is 2. The van der Waals surface area contributed by atoms with Gasteiger partial charge in [-0.05, 0) is 50.3 Å². The van der Waals surface area contributed by atoms with E-state index in [1.54, 1.807) is 0 Å². The minimum absolute atomic E-state index is 0.136. The standard InChI is InChI=1S/C17H23ClN2O/c1-2-17(10-6-11-19-17)16(21)20-12-5-9-15(20)13-7-3-4-8-14(13)18/h3-4,7-8,15,19H,2,5-6,9-12H2,1H3. The topological polar surface area (TPSA) is 32.3 Å². The van der Waals surface area contributed by atoms with E-state index in [-0.39, 0.29) is 17.5 Å². The van der Waals surface area contributed by atoms with Crippen molar-refractivity contribution in [2.75, 3.05) is 13.1 Å². The molecule has 2 heterocycles. The van der Waals surface area contributed by atoms with Crippen molar-refractivity contribution in [3.63, 3.8) is 0 Å². The quantitative estimate of drug-likeness (QED) is 0.926. The van der Waals surface area contributed by atoms with Gasteiger partial charge in [0.15, 0.2) is 0 Å². The third-order valence-corrected chi connectivity index (χ3v) is 5.38. The van der Waals surface area contributed by atoms with Crippen LogP contribution >= 0.6 is 11.6 Å². The molecule has 114 valence electrons. The molecule has 0 bridgehead atoms. The molecule has 3 nitrogen and oxygen atoms in total. The number of nitrogens with zero attached hydrogens (tertiary/aromatic N) is 1. The van der Waals surface area contributed by atoms with Crippen molar-refractivity contribution in [1.82, 2.24) is 10.2 Å². The smallest absolute Gasteiger partial charge is 0.243 e. The minimum atomic E-state index is -0.343. The van der Waals surface area contributed by atoms with E-state index < -0.39 is 0 Å². The Hall–Kier alpha value is -1.06. The van der Waals surface area contributed by atoms with Gasteiger partial charge < -0.3 is 10.2 Å². The fourth-order valence-corrected chi connectivity index (χ4v) is 4.06. The van der Waals surface area contributed by atoms with E-state index in [4.69, 9.17) is 11.6 Å². The number of rotatable bonds is 3. The van der Waals surface area contributed by atoms with Crippen molar-refractivity contribution in [3.05, 3.63) is 34.9 Å². The van der Waals surface area contributed by atoms with E-state index in [9.17, 15) is 4.79 Å². The average Bonchev–Trinajstić information content (AvgIpc) is 3.17. The van der Waals surface area contributed by atoms with E-state index in [0.717, 1.165) is 55.8 Å². The fraction of sp³-hybridized carbons (Fsp3) is 0.588. The van der Waals surface area contributed by atoms with Crippen LogP contribution < -0.4 is 5.32 Å². The molecule has 1 aromatic carbocycles. The van der Waals surface area contributed by atoms with Crippen LogP contribution in [0.4, 0.5) is 0 Å². The van der Waals surface area contributed by atoms with Crippen molar-refractivity contribution in [2.45, 2.75) is 50.6 Å². The van der Waals surface area contributed by atoms with Gasteiger partial charge >= 0.3 is 0 Å². The lowest BCUT2D eigenvalue weighted by atomic mass is 9.91. The number of benzene rings is 1. The molecular formula is C17H23ClN2O. The zero-order chi connectivity index (χ0) is 14.9. The molecule has 1 amide bonds. The Morgan fingerprint density at radius 3 is 2.90 bits per heavy atom. The molecule has 2 saturated heterocycles. The first-order chi connectivity index (χ1) is 10.2. The molecule has 0 radical (unpaired) electrons. The summed E-state index contributed by atoms with van der Waals surface area (Å²) in [5, 5.41) is 4.23. The van der Waals surface area contributed by atoms with Crippen molar-refractivity contribution in [2.24, 2.45) is 0 Å². The molecule has 1 N–H and O–H groups in total. The van der Waals surface area contributed by atoms with Gasteiger partial charge in [0.2, 0.25) is 5.91 Å². The van der Waals surface area contributed by atoms with Crippen molar-refractivity contribution in [1.29, 1.82) is 0 Å². The van der Waals surface area contributed by atoms with Gasteiger partial charge in [-0.15, -0.1) is 0 Å². The van der Waals surface area contributed by atoms with Crippen molar-refractivity contribution < 1.29 is 4.79 Å². The molecule has 2 aliphatic heterocycles. The first-order valence-corrected chi connectivity index (χ1v) is 8.36. The summed E-state index contributed by atoms with van der Waals surface area (Å²) in [4.78, 5) is 15.2. The molecule has 21 heavy (non-hydrogen) atoms. The second-order valence-corrected chi connectivity index (χ2v) is 6.55. The minimum Gasteiger partial charge on any atom is -0.334 e. The van der Waals surface area contributed by atoms with Crippen molar-refractivity contribution in [3.8, 4) is 0 Å². The number of halogens is 1. The lowest BCUT2D eigenvalue weighted by Gasteiger charge is -2.35. The molecule has 3 rings (SSSR count). The number of carbonyl (C=O) groups excluding carboxylic acids is 1. The van der Waals surface area contributed by atoms with Crippen LogP contribution in [-0.4, -0.2) is 29.4 Å². The molecule has 0 saturated carbocycles. The molecule has 2 unspecified atom stereocenters. The third kappa shape index (κ3) is 2.58. The fourth-order valence-electron chi connectivity index (χ4n) is 3.80. The van der Waals surface area contributed by atoms with Gasteiger partial charge in [-0.2, -0.15) is 0 Å². The zero-order valence-corrected chi connectivity index (χ0v) is 13.3. The van der Waals surface area contributed by atoms with E-state index >= 15 is 0 Å². The summed E-state index contributed by atoms with van der Waals surface area (Å²) in [6.07, 6.45) is 4.96. The summed E-state index contributed by atoms with van der Waals surface area (Å²) < 4.78 is 0. The number of amides is 1. The van der Waals surface area contributed by atoms with Crippen LogP contribution in [0, 0.1) is 0 Å². The maximum absolute atomic E-state index is 13.1. The van der Waals surface area contributed by atoms with Crippen LogP contribution in [0.25, 0.3) is 0 Å². The number of hydrogen-bond donors (Lipinski definition) is 1. The molecule has 0 aromatic heterocycles. The van der Waals surface area contributed by atoms with Crippen LogP contribution in [0.15, 0.2) is 24.3 Å². The summed E-state index contributed by atoms with van der Waals surface area (Å²) in [5.74, 6) is 0.268. The predicted octanol–water partition coefficient (Wildman–Crippen LogP) is 3.54. The van der Waals surface area contributed by atoms with Crippen LogP contribution in [-0.2, 0) is 4.79 Å². The summed E-state index contributed by atoms with van der Waals surface area (Å²) in [7, 11) is 0. The van der Waals surface area contributed by atoms with Gasteiger partial charge in [0.25, 0.3) is 0 Å². The third-order valence-electron chi connectivity index (χ3n) is 5.03. The van der Waals surface area contributed by atoms with Gasteiger partial charge in [-0.1, -0.05) is 36.7 Å². The van der Waals surface area contributed by atoms with Gasteiger partial charge in [0.1, 0.15) is 0 Å². The molecule has 4 heteroatoms. The summed E-state index contributed by atoms with van der Waals surface area (Å²) in [5.41, 5.74) is 0.749. The molecule has 1 aromatic rings. The van der Waals surface area contributed by atoms with Gasteiger partial charge in [0.05, 0.1) is 11.6 Å². The number of nitrogens with one attached hydrogen (secondary N) is 1. The second-order valence-electron chi connectivity index (χ2n) is 6.14. The second kappa shape index (κ2) is 5.98. The SMILES string of the molecule is CCC1(C(=O)N2CCCC2c2ccccc2Cl)CCCN1. The normalized spacial score (nSPS) is 29.0. The largest absolute Gasteiger partial charge is 0.334 e. The Balaban J connectivity index is 1.87. The highest BCUT2D eigenvalue weighted by Gasteiger charge is 2.45. The predicted molar refractivity (Wildman–Crippen MR) is 85.4 cm³/mol. The maximum Gasteiger partial charge on any atom is 0.243 e. The average molecular weight is 307 g/mol. The Morgan fingerprint density at radius 2 is 2.24 bits per heavy atom. The van der Waals surface area contributed by atoms with E-state index in [2.05, 4.69) is 23.2 Å². The molecule has 0 spiro atoms. The Kier molecular flexibility index (Phi) is 4.23. The molecule has 2 atom stereocenters. The highest BCUT2D eigenvalue weighted by atomic mass is 35.5. The van der Waals surface area contributed by atoms with Gasteiger partial charge in [0, 0.05) is 11.6 Å². The maximum atomic E-state index is 13.1. The van der Waals surface area contributed by atoms with Crippen LogP contribution in [0.5, 0.6) is 0 Å². The summed E-state index contributed by atoms with van der Waals surface area (Å²) in [6, 6.07) is 8.06. The monoisotopic (exact) mass is 306 g/mol. The lowest BCUT2D eigenvalue weighted by molar-refractivity contribution is -0.139. The molecule has 0 aliphatic carbocycles.